The summed E-state index contributed by atoms with van der Waals surface area (Å²) in [6.07, 6.45) is 5.59. The molecule has 2 saturated carbocycles. The molecule has 1 heterocycles. The van der Waals surface area contributed by atoms with E-state index in [0.717, 1.165) is 49.8 Å². The number of anilines is 1. The second-order valence-corrected chi connectivity index (χ2v) is 11.4. The molecule has 2 N–H and O–H groups in total. The van der Waals surface area contributed by atoms with Crippen LogP contribution in [0.2, 0.25) is 0 Å². The van der Waals surface area contributed by atoms with Crippen molar-refractivity contribution in [1.82, 2.24) is 15.5 Å². The molecule has 0 saturated heterocycles. The summed E-state index contributed by atoms with van der Waals surface area (Å²) in [6, 6.07) is 5.46. The lowest BCUT2D eigenvalue weighted by atomic mass is 10.0. The standard InChI is InChI=1S/C27H40N4O4/c1-27(2,3)35-26(34)29-15-7-6-14-28-24(32)23-20-13-12-19(30(4)5)16-21(20)25(33)31(23)22(17-8-9-17)18-10-11-18/h12-13,16-18,22-23H,6-11,14-15H2,1-5H3,(H,28,32)(H,29,34). The molecule has 3 aliphatic rings. The van der Waals surface area contributed by atoms with Gasteiger partial charge >= 0.3 is 6.09 Å². The van der Waals surface area contributed by atoms with Crippen LogP contribution in [0.15, 0.2) is 18.2 Å². The summed E-state index contributed by atoms with van der Waals surface area (Å²) in [5, 5.41) is 5.81. The Morgan fingerprint density at radius 1 is 1.06 bits per heavy atom. The van der Waals surface area contributed by atoms with Crippen LogP contribution in [-0.4, -0.2) is 61.6 Å². The van der Waals surface area contributed by atoms with Crippen LogP contribution in [0.5, 0.6) is 0 Å². The number of fused-ring (bicyclic) bond motifs is 1. The van der Waals surface area contributed by atoms with Gasteiger partial charge in [0.1, 0.15) is 11.6 Å². The molecule has 2 aliphatic carbocycles. The number of carbonyl (C=O) groups is 3. The van der Waals surface area contributed by atoms with E-state index in [1.165, 1.54) is 0 Å². The van der Waals surface area contributed by atoms with Crippen LogP contribution in [0.25, 0.3) is 0 Å². The van der Waals surface area contributed by atoms with E-state index in [-0.39, 0.29) is 17.9 Å². The van der Waals surface area contributed by atoms with Crippen molar-refractivity contribution in [3.05, 3.63) is 29.3 Å². The zero-order valence-corrected chi connectivity index (χ0v) is 21.7. The first kappa shape index (κ1) is 25.3. The van der Waals surface area contributed by atoms with Gasteiger partial charge in [-0.15, -0.1) is 0 Å². The van der Waals surface area contributed by atoms with Crippen molar-refractivity contribution < 1.29 is 19.1 Å². The van der Waals surface area contributed by atoms with Crippen LogP contribution < -0.4 is 15.5 Å². The molecular formula is C27H40N4O4. The Kier molecular flexibility index (Phi) is 7.29. The summed E-state index contributed by atoms with van der Waals surface area (Å²) in [7, 11) is 3.91. The van der Waals surface area contributed by atoms with E-state index in [0.29, 0.717) is 30.5 Å². The van der Waals surface area contributed by atoms with Crippen molar-refractivity contribution in [3.8, 4) is 0 Å². The highest BCUT2D eigenvalue weighted by atomic mass is 16.6. The van der Waals surface area contributed by atoms with Gasteiger partial charge in [-0.3, -0.25) is 9.59 Å². The zero-order chi connectivity index (χ0) is 25.3. The number of ether oxygens (including phenoxy) is 1. The first-order valence-corrected chi connectivity index (χ1v) is 13.0. The van der Waals surface area contributed by atoms with Gasteiger partial charge in [-0.2, -0.15) is 0 Å². The molecule has 2 fully saturated rings. The van der Waals surface area contributed by atoms with Gasteiger partial charge in [0.25, 0.3) is 5.91 Å². The maximum Gasteiger partial charge on any atom is 0.407 e. The third-order valence-corrected chi connectivity index (χ3v) is 6.94. The molecule has 4 rings (SSSR count). The third kappa shape index (κ3) is 6.08. The van der Waals surface area contributed by atoms with E-state index in [4.69, 9.17) is 4.74 Å². The fourth-order valence-electron chi connectivity index (χ4n) is 5.00. The molecule has 8 heteroatoms. The predicted octanol–water partition coefficient (Wildman–Crippen LogP) is 3.86. The molecular weight excluding hydrogens is 444 g/mol. The van der Waals surface area contributed by atoms with E-state index in [1.807, 2.05) is 62.9 Å². The minimum absolute atomic E-state index is 0.00536. The highest BCUT2D eigenvalue weighted by Crippen LogP contribution is 2.51. The Morgan fingerprint density at radius 3 is 2.20 bits per heavy atom. The number of hydrogen-bond donors (Lipinski definition) is 2. The van der Waals surface area contributed by atoms with Gasteiger partial charge in [0, 0.05) is 44.5 Å². The Labute approximate surface area is 208 Å². The SMILES string of the molecule is CN(C)c1ccc2c(c1)C(=O)N(C(C1CC1)C1CC1)C2C(=O)NCCCCNC(=O)OC(C)(C)C. The van der Waals surface area contributed by atoms with Gasteiger partial charge in [-0.25, -0.2) is 4.79 Å². The molecule has 0 aromatic heterocycles. The maximum atomic E-state index is 13.6. The lowest BCUT2D eigenvalue weighted by Gasteiger charge is -2.33. The first-order chi connectivity index (χ1) is 16.6. The van der Waals surface area contributed by atoms with Crippen LogP contribution in [-0.2, 0) is 9.53 Å². The third-order valence-electron chi connectivity index (χ3n) is 6.94. The Bertz CT molecular complexity index is 950. The van der Waals surface area contributed by atoms with Crippen molar-refractivity contribution in [3.63, 3.8) is 0 Å². The Balaban J connectivity index is 1.39. The molecule has 1 aromatic rings. The van der Waals surface area contributed by atoms with Crippen molar-refractivity contribution in [2.45, 2.75) is 77.0 Å². The number of hydrogen-bond acceptors (Lipinski definition) is 5. The maximum absolute atomic E-state index is 13.6. The normalized spacial score (nSPS) is 19.5. The number of rotatable bonds is 10. The number of alkyl carbamates (subject to hydrolysis) is 1. The molecule has 1 aliphatic heterocycles. The fourth-order valence-corrected chi connectivity index (χ4v) is 5.00. The van der Waals surface area contributed by atoms with Crippen molar-refractivity contribution >= 4 is 23.6 Å². The van der Waals surface area contributed by atoms with Gasteiger partial charge in [0.15, 0.2) is 0 Å². The molecule has 0 spiro atoms. The highest BCUT2D eigenvalue weighted by Gasteiger charge is 2.53. The van der Waals surface area contributed by atoms with Crippen molar-refractivity contribution in [2.75, 3.05) is 32.1 Å². The minimum atomic E-state index is -0.570. The van der Waals surface area contributed by atoms with Gasteiger partial charge in [0.2, 0.25) is 5.91 Å². The van der Waals surface area contributed by atoms with E-state index in [2.05, 4.69) is 10.6 Å². The quantitative estimate of drug-likeness (QED) is 0.492. The number of nitrogens with one attached hydrogen (secondary N) is 2. The Morgan fingerprint density at radius 2 is 1.66 bits per heavy atom. The monoisotopic (exact) mass is 484 g/mol. The predicted molar refractivity (Wildman–Crippen MR) is 135 cm³/mol. The first-order valence-electron chi connectivity index (χ1n) is 13.0. The number of nitrogens with zero attached hydrogens (tertiary/aromatic N) is 2. The molecule has 0 radical (unpaired) electrons. The zero-order valence-electron chi connectivity index (χ0n) is 21.7. The summed E-state index contributed by atoms with van der Waals surface area (Å²) < 4.78 is 5.24. The van der Waals surface area contributed by atoms with Crippen LogP contribution >= 0.6 is 0 Å². The summed E-state index contributed by atoms with van der Waals surface area (Å²) in [4.78, 5) is 42.8. The smallest absolute Gasteiger partial charge is 0.407 e. The average molecular weight is 485 g/mol. The summed E-state index contributed by atoms with van der Waals surface area (Å²) in [5.74, 6) is 0.918. The lowest BCUT2D eigenvalue weighted by Crippen LogP contribution is -2.46. The Hall–Kier alpha value is -2.77. The molecule has 1 atom stereocenters. The van der Waals surface area contributed by atoms with E-state index in [9.17, 15) is 14.4 Å². The molecule has 35 heavy (non-hydrogen) atoms. The van der Waals surface area contributed by atoms with Gasteiger partial charge in [-0.1, -0.05) is 6.07 Å². The van der Waals surface area contributed by atoms with Crippen LogP contribution in [0, 0.1) is 11.8 Å². The highest BCUT2D eigenvalue weighted by molar-refractivity contribution is 6.05. The van der Waals surface area contributed by atoms with Crippen LogP contribution in [0.3, 0.4) is 0 Å². The molecule has 8 nitrogen and oxygen atoms in total. The fraction of sp³-hybridized carbons (Fsp3) is 0.667. The molecule has 1 aromatic carbocycles. The second kappa shape index (κ2) is 10.1. The largest absolute Gasteiger partial charge is 0.444 e. The summed E-state index contributed by atoms with van der Waals surface area (Å²) >= 11 is 0. The molecule has 3 amide bonds. The van der Waals surface area contributed by atoms with Crippen LogP contribution in [0.1, 0.15) is 81.3 Å². The average Bonchev–Trinajstić information content (AvgIpc) is 3.69. The number of carbonyl (C=O) groups excluding carboxylic acids is 3. The van der Waals surface area contributed by atoms with Crippen LogP contribution in [0.4, 0.5) is 10.5 Å². The molecule has 0 bridgehead atoms. The number of amides is 3. The number of benzene rings is 1. The summed E-state index contributed by atoms with van der Waals surface area (Å²) in [5.41, 5.74) is 1.91. The van der Waals surface area contributed by atoms with Gasteiger partial charge < -0.3 is 25.2 Å². The van der Waals surface area contributed by atoms with E-state index >= 15 is 0 Å². The van der Waals surface area contributed by atoms with Crippen molar-refractivity contribution in [1.29, 1.82) is 0 Å². The van der Waals surface area contributed by atoms with Crippen molar-refractivity contribution in [2.24, 2.45) is 11.8 Å². The topological polar surface area (TPSA) is 91.0 Å². The molecule has 192 valence electrons. The van der Waals surface area contributed by atoms with E-state index < -0.39 is 17.7 Å². The minimum Gasteiger partial charge on any atom is -0.444 e. The number of unbranched alkanes of at least 4 members (excludes halogenated alkanes) is 1. The summed E-state index contributed by atoms with van der Waals surface area (Å²) in [6.45, 7) is 6.47. The molecule has 1 unspecified atom stereocenters. The lowest BCUT2D eigenvalue weighted by molar-refractivity contribution is -0.126. The van der Waals surface area contributed by atoms with Gasteiger partial charge in [0.05, 0.1) is 0 Å². The van der Waals surface area contributed by atoms with Gasteiger partial charge in [-0.05, 0) is 88.8 Å². The van der Waals surface area contributed by atoms with E-state index in [1.54, 1.807) is 0 Å². The second-order valence-electron chi connectivity index (χ2n) is 11.4.